The fraction of sp³-hybridized carbons (Fsp3) is 0.360. The highest BCUT2D eigenvalue weighted by Crippen LogP contribution is 2.33. The van der Waals surface area contributed by atoms with Gasteiger partial charge in [0.15, 0.2) is 17.1 Å². The van der Waals surface area contributed by atoms with E-state index in [0.29, 0.717) is 38.9 Å². The van der Waals surface area contributed by atoms with Crippen LogP contribution < -0.4 is 10.1 Å². The zero-order valence-corrected chi connectivity index (χ0v) is 23.3. The minimum atomic E-state index is -0.442. The van der Waals surface area contributed by atoms with Gasteiger partial charge in [-0.05, 0) is 63.9 Å². The normalized spacial score (nSPS) is 11.7. The maximum Gasteiger partial charge on any atom is 0.341 e. The van der Waals surface area contributed by atoms with E-state index in [4.69, 9.17) is 21.1 Å². The standard InChI is InChI=1S/C25H29ClN4O4S2/c1-7-11-30-22(16(5)34-19-10-9-18(26)12-14(19)3)28-29-25(30)35-13-20(31)27-23-21(24(32)33-8-2)15(4)17(6)36-23/h7,9-10,12,16H,1,8,11,13H2,2-6H3,(H,27,31). The molecular formula is C25H29ClN4O4S2. The van der Waals surface area contributed by atoms with Gasteiger partial charge in [-0.25, -0.2) is 4.79 Å². The maximum atomic E-state index is 12.8. The number of hydrogen-bond donors (Lipinski definition) is 1. The molecule has 0 fully saturated rings. The van der Waals surface area contributed by atoms with Gasteiger partial charge in [0.2, 0.25) is 5.91 Å². The molecule has 1 atom stereocenters. The van der Waals surface area contributed by atoms with E-state index in [2.05, 4.69) is 22.1 Å². The smallest absolute Gasteiger partial charge is 0.341 e. The lowest BCUT2D eigenvalue weighted by molar-refractivity contribution is -0.113. The lowest BCUT2D eigenvalue weighted by Gasteiger charge is -2.17. The third-order valence-corrected chi connectivity index (χ3v) is 7.64. The molecule has 11 heteroatoms. The first kappa shape index (κ1) is 27.8. The van der Waals surface area contributed by atoms with Crippen molar-refractivity contribution in [2.75, 3.05) is 17.7 Å². The number of nitrogens with zero attached hydrogens (tertiary/aromatic N) is 3. The van der Waals surface area contributed by atoms with Crippen LogP contribution in [0.2, 0.25) is 5.02 Å². The third kappa shape index (κ3) is 6.48. The van der Waals surface area contributed by atoms with E-state index < -0.39 is 12.1 Å². The Bertz CT molecular complexity index is 1270. The second kappa shape index (κ2) is 12.4. The van der Waals surface area contributed by atoms with E-state index in [-0.39, 0.29) is 18.3 Å². The summed E-state index contributed by atoms with van der Waals surface area (Å²) in [6.07, 6.45) is 1.34. The largest absolute Gasteiger partial charge is 0.482 e. The molecule has 0 spiro atoms. The van der Waals surface area contributed by atoms with Crippen molar-refractivity contribution in [3.63, 3.8) is 0 Å². The van der Waals surface area contributed by atoms with Gasteiger partial charge < -0.3 is 14.8 Å². The molecule has 2 heterocycles. The van der Waals surface area contributed by atoms with Crippen LogP contribution in [0, 0.1) is 20.8 Å². The number of aromatic nitrogens is 3. The Labute approximate surface area is 224 Å². The Morgan fingerprint density at radius 2 is 2.06 bits per heavy atom. The molecule has 0 saturated carbocycles. The molecule has 3 aromatic rings. The molecule has 0 aliphatic carbocycles. The molecule has 1 amide bonds. The molecule has 192 valence electrons. The molecule has 1 aromatic carbocycles. The number of amides is 1. The number of halogens is 1. The first-order valence-corrected chi connectivity index (χ1v) is 13.5. The van der Waals surface area contributed by atoms with Crippen molar-refractivity contribution in [2.24, 2.45) is 0 Å². The molecule has 0 saturated heterocycles. The summed E-state index contributed by atoms with van der Waals surface area (Å²) in [7, 11) is 0. The summed E-state index contributed by atoms with van der Waals surface area (Å²) in [6, 6.07) is 5.43. The lowest BCUT2D eigenvalue weighted by Crippen LogP contribution is -2.17. The summed E-state index contributed by atoms with van der Waals surface area (Å²) >= 11 is 8.65. The van der Waals surface area contributed by atoms with Crippen LogP contribution in [0.3, 0.4) is 0 Å². The highest BCUT2D eigenvalue weighted by molar-refractivity contribution is 7.99. The molecule has 0 aliphatic rings. The van der Waals surface area contributed by atoms with Gasteiger partial charge in [0.05, 0.1) is 17.9 Å². The van der Waals surface area contributed by atoms with Crippen LogP contribution in [0.4, 0.5) is 5.00 Å². The molecule has 1 N–H and O–H groups in total. The minimum absolute atomic E-state index is 0.0824. The van der Waals surface area contributed by atoms with Crippen LogP contribution in [0.1, 0.15) is 52.1 Å². The Morgan fingerprint density at radius 3 is 2.72 bits per heavy atom. The van der Waals surface area contributed by atoms with Crippen LogP contribution >= 0.6 is 34.7 Å². The van der Waals surface area contributed by atoms with Gasteiger partial charge in [0.1, 0.15) is 10.8 Å². The number of aryl methyl sites for hydroxylation is 2. The van der Waals surface area contributed by atoms with E-state index in [1.54, 1.807) is 19.1 Å². The fourth-order valence-electron chi connectivity index (χ4n) is 3.45. The summed E-state index contributed by atoms with van der Waals surface area (Å²) in [5.74, 6) is 0.693. The number of thioether (sulfide) groups is 1. The summed E-state index contributed by atoms with van der Waals surface area (Å²) in [5, 5.41) is 13.1. The van der Waals surface area contributed by atoms with Gasteiger partial charge in [0.25, 0.3) is 0 Å². The third-order valence-electron chi connectivity index (χ3n) is 5.31. The second-order valence-corrected chi connectivity index (χ2v) is 10.6. The van der Waals surface area contributed by atoms with E-state index in [9.17, 15) is 9.59 Å². The van der Waals surface area contributed by atoms with E-state index in [1.165, 1.54) is 23.1 Å². The zero-order valence-electron chi connectivity index (χ0n) is 20.9. The van der Waals surface area contributed by atoms with Gasteiger partial charge in [-0.3, -0.25) is 9.36 Å². The van der Waals surface area contributed by atoms with Gasteiger partial charge in [0, 0.05) is 16.4 Å². The summed E-state index contributed by atoms with van der Waals surface area (Å²) in [6.45, 7) is 13.8. The number of allylic oxidation sites excluding steroid dienone is 1. The summed E-state index contributed by atoms with van der Waals surface area (Å²) in [4.78, 5) is 26.1. The van der Waals surface area contributed by atoms with Crippen molar-refractivity contribution in [1.82, 2.24) is 14.8 Å². The molecule has 8 nitrogen and oxygen atoms in total. The van der Waals surface area contributed by atoms with Crippen molar-refractivity contribution in [1.29, 1.82) is 0 Å². The first-order valence-electron chi connectivity index (χ1n) is 11.3. The molecule has 0 radical (unpaired) electrons. The summed E-state index contributed by atoms with van der Waals surface area (Å²) < 4.78 is 13.1. The minimum Gasteiger partial charge on any atom is -0.482 e. The maximum absolute atomic E-state index is 12.8. The average molecular weight is 549 g/mol. The topological polar surface area (TPSA) is 95.3 Å². The van der Waals surface area contributed by atoms with Crippen molar-refractivity contribution in [2.45, 2.75) is 52.4 Å². The average Bonchev–Trinajstić information content (AvgIpc) is 3.34. The van der Waals surface area contributed by atoms with E-state index >= 15 is 0 Å². The Balaban J connectivity index is 1.72. The van der Waals surface area contributed by atoms with E-state index in [1.807, 2.05) is 44.4 Å². The molecular weight excluding hydrogens is 520 g/mol. The predicted molar refractivity (Wildman–Crippen MR) is 145 cm³/mol. The number of nitrogens with one attached hydrogen (secondary N) is 1. The summed E-state index contributed by atoms with van der Waals surface area (Å²) in [5.41, 5.74) is 2.12. The number of benzene rings is 1. The molecule has 0 bridgehead atoms. The quantitative estimate of drug-likeness (QED) is 0.174. The molecule has 3 rings (SSSR count). The van der Waals surface area contributed by atoms with Crippen molar-refractivity contribution < 1.29 is 19.1 Å². The number of hydrogen-bond acceptors (Lipinski definition) is 8. The van der Waals surface area contributed by atoms with Crippen molar-refractivity contribution >= 4 is 51.6 Å². The number of carbonyl (C=O) groups is 2. The lowest BCUT2D eigenvalue weighted by atomic mass is 10.1. The number of carbonyl (C=O) groups excluding carboxylic acids is 2. The van der Waals surface area contributed by atoms with Crippen LogP contribution in [0.15, 0.2) is 36.0 Å². The van der Waals surface area contributed by atoms with Crippen LogP contribution in [0.5, 0.6) is 5.75 Å². The number of rotatable bonds is 11. The van der Waals surface area contributed by atoms with Gasteiger partial charge >= 0.3 is 5.97 Å². The SMILES string of the molecule is C=CCn1c(SCC(=O)Nc2sc(C)c(C)c2C(=O)OCC)nnc1C(C)Oc1ccc(Cl)cc1C. The Hall–Kier alpha value is -2.82. The highest BCUT2D eigenvalue weighted by atomic mass is 35.5. The number of thiophene rings is 1. The Kier molecular flexibility index (Phi) is 9.58. The zero-order chi connectivity index (χ0) is 26.4. The van der Waals surface area contributed by atoms with E-state index in [0.717, 1.165) is 16.0 Å². The Morgan fingerprint density at radius 1 is 1.31 bits per heavy atom. The monoisotopic (exact) mass is 548 g/mol. The van der Waals surface area contributed by atoms with Crippen molar-refractivity contribution in [3.8, 4) is 5.75 Å². The van der Waals surface area contributed by atoms with Crippen LogP contribution in [-0.2, 0) is 16.1 Å². The van der Waals surface area contributed by atoms with Crippen molar-refractivity contribution in [3.05, 3.63) is 63.3 Å². The fourth-order valence-corrected chi connectivity index (χ4v) is 5.50. The molecule has 0 aliphatic heterocycles. The van der Waals surface area contributed by atoms with Gasteiger partial charge in [-0.1, -0.05) is 29.4 Å². The number of anilines is 1. The first-order chi connectivity index (χ1) is 17.2. The van der Waals surface area contributed by atoms with Crippen LogP contribution in [-0.4, -0.2) is 39.0 Å². The highest BCUT2D eigenvalue weighted by Gasteiger charge is 2.23. The van der Waals surface area contributed by atoms with Gasteiger partial charge in [-0.15, -0.1) is 28.1 Å². The molecule has 2 aromatic heterocycles. The number of ether oxygens (including phenoxy) is 2. The predicted octanol–water partition coefficient (Wildman–Crippen LogP) is 6.15. The van der Waals surface area contributed by atoms with Gasteiger partial charge in [-0.2, -0.15) is 0 Å². The number of esters is 1. The molecule has 36 heavy (non-hydrogen) atoms. The second-order valence-electron chi connectivity index (χ2n) is 7.95. The molecule has 1 unspecified atom stereocenters. The van der Waals surface area contributed by atoms with Crippen LogP contribution in [0.25, 0.3) is 0 Å².